The van der Waals surface area contributed by atoms with E-state index in [4.69, 9.17) is 14.7 Å². The van der Waals surface area contributed by atoms with E-state index in [0.717, 1.165) is 6.54 Å². The highest BCUT2D eigenvalue weighted by molar-refractivity contribution is 5.95. The van der Waals surface area contributed by atoms with E-state index < -0.39 is 5.60 Å². The Morgan fingerprint density at radius 3 is 2.83 bits per heavy atom. The van der Waals surface area contributed by atoms with Crippen molar-refractivity contribution < 1.29 is 19.1 Å². The lowest BCUT2D eigenvalue weighted by Gasteiger charge is -2.55. The highest BCUT2D eigenvalue weighted by Crippen LogP contribution is 2.36. The van der Waals surface area contributed by atoms with Crippen LogP contribution in [0.3, 0.4) is 0 Å². The largest absolute Gasteiger partial charge is 0.383 e. The van der Waals surface area contributed by atoms with Gasteiger partial charge in [0, 0.05) is 32.3 Å². The van der Waals surface area contributed by atoms with Crippen LogP contribution in [0.4, 0.5) is 0 Å². The molecule has 2 saturated heterocycles. The first-order chi connectivity index (χ1) is 14.5. The number of benzene rings is 1. The van der Waals surface area contributed by atoms with Crippen molar-refractivity contribution in [1.82, 2.24) is 15.1 Å². The maximum atomic E-state index is 12.8. The Balaban J connectivity index is 1.37. The minimum atomic E-state index is -0.416. The number of nitrogens with zero attached hydrogens (tertiary/aromatic N) is 3. The van der Waals surface area contributed by atoms with Gasteiger partial charge in [0.25, 0.3) is 5.91 Å². The van der Waals surface area contributed by atoms with Gasteiger partial charge in [0.1, 0.15) is 11.6 Å². The van der Waals surface area contributed by atoms with Crippen LogP contribution >= 0.6 is 0 Å². The number of hydrogen-bond acceptors (Lipinski definition) is 6. The van der Waals surface area contributed by atoms with Crippen molar-refractivity contribution in [3.05, 3.63) is 35.4 Å². The number of ether oxygens (including phenoxy) is 2. The Labute approximate surface area is 176 Å². The molecule has 1 aliphatic carbocycles. The number of likely N-dealkylation sites (tertiary alicyclic amines) is 1. The van der Waals surface area contributed by atoms with Gasteiger partial charge in [-0.2, -0.15) is 5.26 Å². The van der Waals surface area contributed by atoms with E-state index in [-0.39, 0.29) is 17.9 Å². The molecule has 30 heavy (non-hydrogen) atoms. The number of methoxy groups -OCH3 is 1. The molecule has 0 aromatic heterocycles. The van der Waals surface area contributed by atoms with Crippen LogP contribution in [0.1, 0.15) is 28.8 Å². The summed E-state index contributed by atoms with van der Waals surface area (Å²) in [6.45, 7) is 3.84. The summed E-state index contributed by atoms with van der Waals surface area (Å²) >= 11 is 0. The van der Waals surface area contributed by atoms with Crippen LogP contribution in [0.5, 0.6) is 0 Å². The second kappa shape index (κ2) is 8.72. The molecular weight excluding hydrogens is 384 g/mol. The number of hydrogen-bond donors (Lipinski definition) is 1. The predicted molar refractivity (Wildman–Crippen MR) is 109 cm³/mol. The van der Waals surface area contributed by atoms with E-state index in [1.165, 1.54) is 12.8 Å². The number of rotatable bonds is 7. The molecule has 8 nitrogen and oxygen atoms in total. The van der Waals surface area contributed by atoms with E-state index >= 15 is 0 Å². The van der Waals surface area contributed by atoms with Gasteiger partial charge in [0.2, 0.25) is 5.91 Å². The number of carbonyl (C=O) groups is 2. The Hall–Kier alpha value is -2.47. The highest BCUT2D eigenvalue weighted by atomic mass is 16.5. The second-order valence-electron chi connectivity index (χ2n) is 8.52. The summed E-state index contributed by atoms with van der Waals surface area (Å²) in [6, 6.07) is 8.53. The molecule has 1 aromatic carbocycles. The number of nitrogens with one attached hydrogen (secondary N) is 1. The van der Waals surface area contributed by atoms with Gasteiger partial charge in [0.15, 0.2) is 0 Å². The topological polar surface area (TPSA) is 94.9 Å². The van der Waals surface area contributed by atoms with Gasteiger partial charge in [-0.1, -0.05) is 6.07 Å². The lowest BCUT2D eigenvalue weighted by Crippen LogP contribution is -2.73. The fraction of sp³-hybridized carbons (Fsp3) is 0.591. The summed E-state index contributed by atoms with van der Waals surface area (Å²) in [6.07, 6.45) is 2.42. The molecule has 3 aliphatic rings. The van der Waals surface area contributed by atoms with Crippen LogP contribution in [-0.2, 0) is 14.3 Å². The average molecular weight is 412 g/mol. The van der Waals surface area contributed by atoms with E-state index in [1.54, 1.807) is 36.3 Å². The van der Waals surface area contributed by atoms with Crippen LogP contribution < -0.4 is 5.32 Å². The summed E-state index contributed by atoms with van der Waals surface area (Å²) < 4.78 is 11.2. The van der Waals surface area contributed by atoms with Crippen molar-refractivity contribution in [3.8, 4) is 6.07 Å². The normalized spacial score (nSPS) is 22.9. The quantitative estimate of drug-likeness (QED) is 0.660. The number of amides is 2. The minimum Gasteiger partial charge on any atom is -0.383 e. The third-order valence-electron chi connectivity index (χ3n) is 6.06. The molecule has 3 fully saturated rings. The zero-order valence-corrected chi connectivity index (χ0v) is 17.3. The predicted octanol–water partition coefficient (Wildman–Crippen LogP) is 0.626. The van der Waals surface area contributed by atoms with Crippen LogP contribution in [0, 0.1) is 17.2 Å². The van der Waals surface area contributed by atoms with Crippen molar-refractivity contribution >= 4 is 11.8 Å². The summed E-state index contributed by atoms with van der Waals surface area (Å²) in [4.78, 5) is 29.4. The first-order valence-electron chi connectivity index (χ1n) is 10.5. The van der Waals surface area contributed by atoms with Gasteiger partial charge in [0.05, 0.1) is 37.9 Å². The second-order valence-corrected chi connectivity index (χ2v) is 8.52. The van der Waals surface area contributed by atoms with Crippen molar-refractivity contribution in [2.75, 3.05) is 53.0 Å². The maximum absolute atomic E-state index is 12.8. The zero-order chi connectivity index (χ0) is 21.1. The fourth-order valence-electron chi connectivity index (χ4n) is 4.24. The van der Waals surface area contributed by atoms with Crippen LogP contribution in [0.25, 0.3) is 0 Å². The number of morpholine rings is 1. The van der Waals surface area contributed by atoms with Crippen LogP contribution in [0.2, 0.25) is 0 Å². The van der Waals surface area contributed by atoms with Gasteiger partial charge < -0.3 is 19.7 Å². The molecule has 1 atom stereocenters. The van der Waals surface area contributed by atoms with Crippen LogP contribution in [-0.4, -0.2) is 86.3 Å². The highest BCUT2D eigenvalue weighted by Gasteiger charge is 2.52. The van der Waals surface area contributed by atoms with Crippen molar-refractivity contribution in [1.29, 1.82) is 5.26 Å². The lowest BCUT2D eigenvalue weighted by molar-refractivity contribution is -0.192. The van der Waals surface area contributed by atoms with Gasteiger partial charge >= 0.3 is 0 Å². The Morgan fingerprint density at radius 2 is 2.13 bits per heavy atom. The number of carbonyl (C=O) groups excluding carboxylic acids is 2. The monoisotopic (exact) mass is 412 g/mol. The fourth-order valence-corrected chi connectivity index (χ4v) is 4.24. The molecule has 160 valence electrons. The molecule has 2 amide bonds. The van der Waals surface area contributed by atoms with E-state index in [1.807, 2.05) is 0 Å². The minimum absolute atomic E-state index is 0.0249. The molecule has 2 aliphatic heterocycles. The number of nitriles is 1. The Bertz CT molecular complexity index is 842. The molecule has 2 heterocycles. The molecular formula is C22H28N4O4. The van der Waals surface area contributed by atoms with Crippen LogP contribution in [0.15, 0.2) is 24.3 Å². The first-order valence-corrected chi connectivity index (χ1v) is 10.5. The third kappa shape index (κ3) is 4.48. The molecule has 1 N–H and O–H groups in total. The van der Waals surface area contributed by atoms with E-state index in [0.29, 0.717) is 56.4 Å². The van der Waals surface area contributed by atoms with Crippen molar-refractivity contribution in [3.63, 3.8) is 0 Å². The Kier molecular flexibility index (Phi) is 6.04. The molecule has 0 radical (unpaired) electrons. The van der Waals surface area contributed by atoms with Gasteiger partial charge in [-0.25, -0.2) is 0 Å². The third-order valence-corrected chi connectivity index (χ3v) is 6.06. The lowest BCUT2D eigenvalue weighted by atomic mass is 9.89. The van der Waals surface area contributed by atoms with Gasteiger partial charge in [-0.3, -0.25) is 14.5 Å². The SMILES string of the molecule is COCCNC(=O)[C@@H]1COC2(CN(C(=O)c3cccc(C#N)c3)C2)CN1CC1CC1. The molecule has 0 bridgehead atoms. The summed E-state index contributed by atoms with van der Waals surface area (Å²) in [7, 11) is 1.61. The molecule has 1 aromatic rings. The smallest absolute Gasteiger partial charge is 0.254 e. The zero-order valence-electron chi connectivity index (χ0n) is 17.3. The average Bonchev–Trinajstić information content (AvgIpc) is 3.55. The molecule has 8 heteroatoms. The maximum Gasteiger partial charge on any atom is 0.254 e. The Morgan fingerprint density at radius 1 is 1.33 bits per heavy atom. The van der Waals surface area contributed by atoms with Gasteiger partial charge in [-0.05, 0) is 37.0 Å². The van der Waals surface area contributed by atoms with Gasteiger partial charge in [-0.15, -0.1) is 0 Å². The molecule has 1 saturated carbocycles. The molecule has 4 rings (SSSR count). The summed E-state index contributed by atoms with van der Waals surface area (Å²) in [5.41, 5.74) is 0.577. The summed E-state index contributed by atoms with van der Waals surface area (Å²) in [5, 5.41) is 12.0. The standard InChI is InChI=1S/C22H28N4O4/c1-29-8-7-24-20(27)19-12-30-22(13-25(19)11-16-5-6-16)14-26(15-22)21(28)18-4-2-3-17(9-18)10-23/h2-4,9,16,19H,5-8,11-15H2,1H3,(H,24,27)/t19-/m0/s1. The molecule has 0 unspecified atom stereocenters. The van der Waals surface area contributed by atoms with E-state index in [2.05, 4.69) is 16.3 Å². The summed E-state index contributed by atoms with van der Waals surface area (Å²) in [5.74, 6) is 0.540. The van der Waals surface area contributed by atoms with E-state index in [9.17, 15) is 9.59 Å². The van der Waals surface area contributed by atoms with Crippen molar-refractivity contribution in [2.24, 2.45) is 5.92 Å². The van der Waals surface area contributed by atoms with Crippen molar-refractivity contribution in [2.45, 2.75) is 24.5 Å². The first kappa shape index (κ1) is 20.8. The molecule has 1 spiro atoms.